The van der Waals surface area contributed by atoms with Crippen LogP contribution >= 0.6 is 23.2 Å². The lowest BCUT2D eigenvalue weighted by molar-refractivity contribution is -0.140. The Kier molecular flexibility index (Phi) is 12.7. The highest BCUT2D eigenvalue weighted by atomic mass is 35.5. The molecule has 0 aliphatic carbocycles. The van der Waals surface area contributed by atoms with E-state index in [4.69, 9.17) is 27.9 Å². The molecule has 0 aliphatic rings. The van der Waals surface area contributed by atoms with Gasteiger partial charge in [0.25, 0.3) is 10.0 Å². The highest BCUT2D eigenvalue weighted by Crippen LogP contribution is 2.33. The SMILES string of the molecule is CCCCNC(=O)[C@@H](Cc1ccccc1)N(Cc1ccc(Cl)c(Cl)c1)C(=O)CN(c1ccccc1OC)S(=O)(=O)c1ccc(C)cc1. The Hall–Kier alpha value is -4.05. The number of nitrogens with zero attached hydrogens (tertiary/aromatic N) is 2. The first-order valence-corrected chi connectivity index (χ1v) is 17.5. The lowest BCUT2D eigenvalue weighted by Crippen LogP contribution is -2.53. The fourth-order valence-corrected chi connectivity index (χ4v) is 6.83. The standard InChI is InChI=1S/C36H39Cl2N3O5S/c1-4-5-21-39-36(43)33(23-27-11-7-6-8-12-27)40(24-28-17-20-30(37)31(38)22-28)35(42)25-41(32-13-9-10-14-34(32)46-3)47(44,45)29-18-15-26(2)16-19-29/h6-20,22,33H,4-5,21,23-25H2,1-3H3,(H,39,43)/t33-/m1/s1. The fraction of sp³-hybridized carbons (Fsp3) is 0.278. The van der Waals surface area contributed by atoms with Crippen LogP contribution in [0.15, 0.2) is 102 Å². The molecule has 0 saturated heterocycles. The lowest BCUT2D eigenvalue weighted by atomic mass is 10.0. The molecule has 4 aromatic rings. The van der Waals surface area contributed by atoms with Crippen molar-refractivity contribution in [2.24, 2.45) is 0 Å². The van der Waals surface area contributed by atoms with Crippen molar-refractivity contribution in [2.75, 3.05) is 24.5 Å². The van der Waals surface area contributed by atoms with E-state index in [0.717, 1.165) is 28.3 Å². The number of benzene rings is 4. The molecule has 0 saturated carbocycles. The zero-order valence-corrected chi connectivity index (χ0v) is 29.0. The summed E-state index contributed by atoms with van der Waals surface area (Å²) in [6.07, 6.45) is 1.84. The molecule has 0 unspecified atom stereocenters. The van der Waals surface area contributed by atoms with Gasteiger partial charge in [0.15, 0.2) is 0 Å². The van der Waals surface area contributed by atoms with Crippen molar-refractivity contribution in [3.63, 3.8) is 0 Å². The number of hydrogen-bond donors (Lipinski definition) is 1. The highest BCUT2D eigenvalue weighted by Gasteiger charge is 2.35. The average molecular weight is 697 g/mol. The summed E-state index contributed by atoms with van der Waals surface area (Å²) in [5.74, 6) is -0.671. The number of amides is 2. The number of aryl methyl sites for hydroxylation is 1. The average Bonchev–Trinajstić information content (AvgIpc) is 3.07. The van der Waals surface area contributed by atoms with Crippen LogP contribution in [-0.4, -0.2) is 51.4 Å². The maximum absolute atomic E-state index is 14.6. The number of nitrogens with one attached hydrogen (secondary N) is 1. The Balaban J connectivity index is 1.83. The molecule has 1 N–H and O–H groups in total. The predicted molar refractivity (Wildman–Crippen MR) is 188 cm³/mol. The Morgan fingerprint density at radius 3 is 2.21 bits per heavy atom. The van der Waals surface area contributed by atoms with Gasteiger partial charge in [0.1, 0.15) is 18.3 Å². The molecule has 0 bridgehead atoms. The molecule has 1 atom stereocenters. The molecule has 4 aromatic carbocycles. The highest BCUT2D eigenvalue weighted by molar-refractivity contribution is 7.92. The maximum Gasteiger partial charge on any atom is 0.264 e. The van der Waals surface area contributed by atoms with Crippen LogP contribution in [0.5, 0.6) is 5.75 Å². The Morgan fingerprint density at radius 1 is 0.872 bits per heavy atom. The molecule has 11 heteroatoms. The van der Waals surface area contributed by atoms with Crippen LogP contribution in [0.2, 0.25) is 10.0 Å². The van der Waals surface area contributed by atoms with Gasteiger partial charge in [0.2, 0.25) is 11.8 Å². The molecule has 8 nitrogen and oxygen atoms in total. The van der Waals surface area contributed by atoms with Gasteiger partial charge in [0, 0.05) is 19.5 Å². The maximum atomic E-state index is 14.6. The lowest BCUT2D eigenvalue weighted by Gasteiger charge is -2.34. The van der Waals surface area contributed by atoms with Gasteiger partial charge in [0.05, 0.1) is 27.7 Å². The van der Waals surface area contributed by atoms with E-state index in [0.29, 0.717) is 22.2 Å². The zero-order chi connectivity index (χ0) is 34.0. The van der Waals surface area contributed by atoms with Crippen molar-refractivity contribution < 1.29 is 22.7 Å². The van der Waals surface area contributed by atoms with Crippen LogP contribution in [0.1, 0.15) is 36.5 Å². The molecule has 0 spiro atoms. The van der Waals surface area contributed by atoms with E-state index in [9.17, 15) is 18.0 Å². The minimum absolute atomic E-state index is 0.0102. The van der Waals surface area contributed by atoms with Crippen molar-refractivity contribution in [1.29, 1.82) is 0 Å². The zero-order valence-electron chi connectivity index (χ0n) is 26.7. The van der Waals surface area contributed by atoms with E-state index in [2.05, 4.69) is 5.32 Å². The predicted octanol–water partition coefficient (Wildman–Crippen LogP) is 7.06. The normalized spacial score (nSPS) is 11.9. The first-order chi connectivity index (χ1) is 22.5. The third-order valence-electron chi connectivity index (χ3n) is 7.68. The quantitative estimate of drug-likeness (QED) is 0.134. The third-order valence-corrected chi connectivity index (χ3v) is 10.2. The smallest absolute Gasteiger partial charge is 0.264 e. The Bertz CT molecular complexity index is 1770. The number of hydrogen-bond acceptors (Lipinski definition) is 5. The number of para-hydroxylation sites is 2. The number of rotatable bonds is 15. The van der Waals surface area contributed by atoms with Crippen LogP contribution in [0, 0.1) is 6.92 Å². The number of halogens is 2. The molecular formula is C36H39Cl2N3O5S. The molecule has 0 aromatic heterocycles. The number of ether oxygens (including phenoxy) is 1. The van der Waals surface area contributed by atoms with E-state index < -0.39 is 28.5 Å². The summed E-state index contributed by atoms with van der Waals surface area (Å²) in [6, 6.07) is 26.4. The molecule has 2 amide bonds. The molecule has 0 aliphatic heterocycles. The van der Waals surface area contributed by atoms with E-state index >= 15 is 0 Å². The second-order valence-electron chi connectivity index (χ2n) is 11.1. The Morgan fingerprint density at radius 2 is 1.55 bits per heavy atom. The summed E-state index contributed by atoms with van der Waals surface area (Å²) in [6.45, 7) is 3.68. The third kappa shape index (κ3) is 9.28. The number of carbonyl (C=O) groups is 2. The second kappa shape index (κ2) is 16.7. The summed E-state index contributed by atoms with van der Waals surface area (Å²) < 4.78 is 35.1. The first kappa shape index (κ1) is 35.8. The van der Waals surface area contributed by atoms with E-state index in [1.54, 1.807) is 54.6 Å². The minimum Gasteiger partial charge on any atom is -0.495 e. The minimum atomic E-state index is -4.27. The van der Waals surface area contributed by atoms with Crippen LogP contribution < -0.4 is 14.4 Å². The first-order valence-electron chi connectivity index (χ1n) is 15.3. The van der Waals surface area contributed by atoms with Gasteiger partial charge in [-0.25, -0.2) is 8.42 Å². The van der Waals surface area contributed by atoms with Crippen molar-refractivity contribution in [3.05, 3.63) is 124 Å². The molecular weight excluding hydrogens is 657 g/mol. The number of unbranched alkanes of at least 4 members (excludes halogenated alkanes) is 1. The molecule has 0 heterocycles. The van der Waals surface area contributed by atoms with Crippen molar-refractivity contribution >= 4 is 50.7 Å². The van der Waals surface area contributed by atoms with Gasteiger partial charge in [-0.15, -0.1) is 0 Å². The molecule has 0 radical (unpaired) electrons. The van der Waals surface area contributed by atoms with Gasteiger partial charge >= 0.3 is 0 Å². The number of anilines is 1. The summed E-state index contributed by atoms with van der Waals surface area (Å²) in [5, 5.41) is 3.62. The second-order valence-corrected chi connectivity index (χ2v) is 13.8. The van der Waals surface area contributed by atoms with Gasteiger partial charge in [-0.2, -0.15) is 0 Å². The van der Waals surface area contributed by atoms with Crippen LogP contribution in [0.25, 0.3) is 0 Å². The topological polar surface area (TPSA) is 96.0 Å². The molecule has 47 heavy (non-hydrogen) atoms. The summed E-state index contributed by atoms with van der Waals surface area (Å²) in [5.41, 5.74) is 2.53. The Labute approximate surface area is 287 Å². The van der Waals surface area contributed by atoms with E-state index in [1.165, 1.54) is 24.1 Å². The van der Waals surface area contributed by atoms with Gasteiger partial charge in [-0.1, -0.05) is 103 Å². The van der Waals surface area contributed by atoms with E-state index in [-0.39, 0.29) is 35.2 Å². The monoisotopic (exact) mass is 695 g/mol. The number of sulfonamides is 1. The summed E-state index contributed by atoms with van der Waals surface area (Å²) in [4.78, 5) is 29.9. The van der Waals surface area contributed by atoms with Crippen LogP contribution in [0.3, 0.4) is 0 Å². The molecule has 248 valence electrons. The molecule has 4 rings (SSSR count). The van der Waals surface area contributed by atoms with Crippen molar-refractivity contribution in [2.45, 2.75) is 50.6 Å². The van der Waals surface area contributed by atoms with E-state index in [1.807, 2.05) is 44.2 Å². The van der Waals surface area contributed by atoms with Crippen LogP contribution in [-0.2, 0) is 32.6 Å². The van der Waals surface area contributed by atoms with Crippen molar-refractivity contribution in [1.82, 2.24) is 10.2 Å². The fourth-order valence-electron chi connectivity index (χ4n) is 5.08. The summed E-state index contributed by atoms with van der Waals surface area (Å²) >= 11 is 12.5. The number of methoxy groups -OCH3 is 1. The largest absolute Gasteiger partial charge is 0.495 e. The van der Waals surface area contributed by atoms with Crippen LogP contribution in [0.4, 0.5) is 5.69 Å². The summed E-state index contributed by atoms with van der Waals surface area (Å²) in [7, 11) is -2.84. The van der Waals surface area contributed by atoms with Crippen molar-refractivity contribution in [3.8, 4) is 5.75 Å². The molecule has 0 fully saturated rings. The van der Waals surface area contributed by atoms with Gasteiger partial charge in [-0.05, 0) is 60.9 Å². The van der Waals surface area contributed by atoms with Gasteiger partial charge < -0.3 is 15.0 Å². The van der Waals surface area contributed by atoms with Gasteiger partial charge in [-0.3, -0.25) is 13.9 Å². The number of carbonyl (C=O) groups excluding carboxylic acids is 2.